The summed E-state index contributed by atoms with van der Waals surface area (Å²) in [7, 11) is 3.52. The highest BCUT2D eigenvalue weighted by Crippen LogP contribution is 2.31. The van der Waals surface area contributed by atoms with E-state index in [1.165, 1.54) is 0 Å². The molecule has 0 radical (unpaired) electrons. The lowest BCUT2D eigenvalue weighted by Gasteiger charge is -2.18. The smallest absolute Gasteiger partial charge is 0.161 e. The van der Waals surface area contributed by atoms with E-state index in [1.807, 2.05) is 7.05 Å². The zero-order valence-corrected chi connectivity index (χ0v) is 9.14. The van der Waals surface area contributed by atoms with Crippen LogP contribution in [0.2, 0.25) is 0 Å². The van der Waals surface area contributed by atoms with E-state index < -0.39 is 0 Å². The maximum atomic E-state index is 6.20. The van der Waals surface area contributed by atoms with Crippen LogP contribution in [0.1, 0.15) is 18.2 Å². The number of rotatable bonds is 3. The van der Waals surface area contributed by atoms with Crippen LogP contribution in [0.5, 0.6) is 5.75 Å². The number of aryl methyl sites for hydroxylation is 1. The second-order valence-corrected chi connectivity index (χ2v) is 3.87. The number of nitrogens with two attached hydrogens (primary N) is 1. The van der Waals surface area contributed by atoms with Crippen LogP contribution in [-0.2, 0) is 11.8 Å². The molecule has 1 saturated heterocycles. The third-order valence-corrected chi connectivity index (χ3v) is 2.96. The minimum Gasteiger partial charge on any atom is -0.493 e. The second-order valence-electron chi connectivity index (χ2n) is 3.87. The van der Waals surface area contributed by atoms with Crippen LogP contribution >= 0.6 is 0 Å². The Bertz CT molecular complexity index is 331. The zero-order chi connectivity index (χ0) is 10.8. The Morgan fingerprint density at radius 3 is 3.13 bits per heavy atom. The lowest BCUT2D eigenvalue weighted by atomic mass is 9.97. The molecule has 1 aliphatic heterocycles. The molecule has 84 valence electrons. The van der Waals surface area contributed by atoms with Crippen molar-refractivity contribution < 1.29 is 9.47 Å². The van der Waals surface area contributed by atoms with E-state index in [4.69, 9.17) is 15.2 Å². The van der Waals surface area contributed by atoms with Crippen LogP contribution in [0, 0.1) is 5.92 Å². The van der Waals surface area contributed by atoms with Gasteiger partial charge in [0.2, 0.25) is 0 Å². The van der Waals surface area contributed by atoms with Crippen molar-refractivity contribution in [2.45, 2.75) is 12.5 Å². The normalized spacial score (nSPS) is 23.0. The summed E-state index contributed by atoms with van der Waals surface area (Å²) in [6.07, 6.45) is 2.71. The van der Waals surface area contributed by atoms with Crippen molar-refractivity contribution in [3.8, 4) is 5.75 Å². The molecule has 0 bridgehead atoms. The second kappa shape index (κ2) is 4.20. The summed E-state index contributed by atoms with van der Waals surface area (Å²) in [6, 6.07) is -0.0602. The van der Waals surface area contributed by atoms with Crippen molar-refractivity contribution in [2.75, 3.05) is 20.3 Å². The van der Waals surface area contributed by atoms with E-state index in [-0.39, 0.29) is 6.04 Å². The molecule has 0 aliphatic carbocycles. The number of hydrogen-bond acceptors (Lipinski definition) is 4. The predicted molar refractivity (Wildman–Crippen MR) is 55.6 cm³/mol. The Morgan fingerprint density at radius 2 is 2.53 bits per heavy atom. The van der Waals surface area contributed by atoms with Crippen LogP contribution in [0.3, 0.4) is 0 Å². The molecule has 2 unspecified atom stereocenters. The van der Waals surface area contributed by atoms with E-state index >= 15 is 0 Å². The fraction of sp³-hybridized carbons (Fsp3) is 0.700. The van der Waals surface area contributed by atoms with Crippen molar-refractivity contribution in [3.63, 3.8) is 0 Å². The zero-order valence-electron chi connectivity index (χ0n) is 9.14. The number of aromatic nitrogens is 2. The maximum Gasteiger partial charge on any atom is 0.161 e. The lowest BCUT2D eigenvalue weighted by Crippen LogP contribution is -2.24. The van der Waals surface area contributed by atoms with Crippen LogP contribution in [0.15, 0.2) is 6.20 Å². The van der Waals surface area contributed by atoms with E-state index in [2.05, 4.69) is 5.10 Å². The molecular weight excluding hydrogens is 194 g/mol. The molecule has 2 atom stereocenters. The Morgan fingerprint density at radius 1 is 1.73 bits per heavy atom. The molecule has 0 amide bonds. The third kappa shape index (κ3) is 1.85. The average Bonchev–Trinajstić information content (AvgIpc) is 2.85. The minimum atomic E-state index is -0.0602. The minimum absolute atomic E-state index is 0.0602. The monoisotopic (exact) mass is 211 g/mol. The van der Waals surface area contributed by atoms with Crippen LogP contribution in [0.25, 0.3) is 0 Å². The summed E-state index contributed by atoms with van der Waals surface area (Å²) in [6.45, 7) is 1.54. The molecule has 0 aromatic carbocycles. The van der Waals surface area contributed by atoms with Gasteiger partial charge in [-0.1, -0.05) is 0 Å². The molecule has 2 heterocycles. The van der Waals surface area contributed by atoms with Crippen LogP contribution in [-0.4, -0.2) is 30.1 Å². The Labute approximate surface area is 89.2 Å². The quantitative estimate of drug-likeness (QED) is 0.789. The van der Waals surface area contributed by atoms with Gasteiger partial charge < -0.3 is 15.2 Å². The number of hydrogen-bond donors (Lipinski definition) is 1. The highest BCUT2D eigenvalue weighted by atomic mass is 16.5. The van der Waals surface area contributed by atoms with E-state index in [9.17, 15) is 0 Å². The SMILES string of the molecule is COc1cnn(C)c1C(N)C1CCOC1. The molecule has 5 nitrogen and oxygen atoms in total. The fourth-order valence-electron chi connectivity index (χ4n) is 2.02. The van der Waals surface area contributed by atoms with Gasteiger partial charge in [-0.25, -0.2) is 0 Å². The van der Waals surface area contributed by atoms with Crippen molar-refractivity contribution in [3.05, 3.63) is 11.9 Å². The summed E-state index contributed by atoms with van der Waals surface area (Å²) < 4.78 is 12.4. The molecule has 1 aromatic heterocycles. The first-order valence-electron chi connectivity index (χ1n) is 5.13. The molecule has 2 N–H and O–H groups in total. The Balaban J connectivity index is 2.22. The van der Waals surface area contributed by atoms with Gasteiger partial charge in [0.25, 0.3) is 0 Å². The van der Waals surface area contributed by atoms with Crippen molar-refractivity contribution in [1.29, 1.82) is 0 Å². The topological polar surface area (TPSA) is 62.3 Å². The summed E-state index contributed by atoms with van der Waals surface area (Å²) in [5.74, 6) is 1.13. The van der Waals surface area contributed by atoms with E-state index in [0.29, 0.717) is 5.92 Å². The van der Waals surface area contributed by atoms with Crippen LogP contribution < -0.4 is 10.5 Å². The molecule has 15 heavy (non-hydrogen) atoms. The van der Waals surface area contributed by atoms with Crippen molar-refractivity contribution in [1.82, 2.24) is 9.78 Å². The van der Waals surface area contributed by atoms with Gasteiger partial charge in [-0.3, -0.25) is 4.68 Å². The third-order valence-electron chi connectivity index (χ3n) is 2.96. The predicted octanol–water partition coefficient (Wildman–Crippen LogP) is 0.465. The highest BCUT2D eigenvalue weighted by Gasteiger charge is 2.28. The molecule has 1 aliphatic rings. The molecule has 1 aromatic rings. The van der Waals surface area contributed by atoms with Crippen LogP contribution in [0.4, 0.5) is 0 Å². The molecule has 0 saturated carbocycles. The number of nitrogens with zero attached hydrogens (tertiary/aromatic N) is 2. The lowest BCUT2D eigenvalue weighted by molar-refractivity contribution is 0.180. The van der Waals surface area contributed by atoms with Gasteiger partial charge in [-0.15, -0.1) is 0 Å². The molecular formula is C10H17N3O2. The van der Waals surface area contributed by atoms with E-state index in [1.54, 1.807) is 18.0 Å². The van der Waals surface area contributed by atoms with E-state index in [0.717, 1.165) is 31.1 Å². The van der Waals surface area contributed by atoms with Gasteiger partial charge in [-0.2, -0.15) is 5.10 Å². The first-order chi connectivity index (χ1) is 7.24. The first kappa shape index (κ1) is 10.4. The summed E-state index contributed by atoms with van der Waals surface area (Å²) in [4.78, 5) is 0. The number of ether oxygens (including phenoxy) is 2. The van der Waals surface area contributed by atoms with Gasteiger partial charge in [0, 0.05) is 19.6 Å². The molecule has 1 fully saturated rings. The van der Waals surface area contributed by atoms with Crippen molar-refractivity contribution >= 4 is 0 Å². The summed E-state index contributed by atoms with van der Waals surface area (Å²) in [5.41, 5.74) is 7.15. The summed E-state index contributed by atoms with van der Waals surface area (Å²) in [5, 5.41) is 4.15. The van der Waals surface area contributed by atoms with Crippen molar-refractivity contribution in [2.24, 2.45) is 18.7 Å². The Kier molecular flexibility index (Phi) is 2.93. The van der Waals surface area contributed by atoms with Gasteiger partial charge in [-0.05, 0) is 6.42 Å². The summed E-state index contributed by atoms with van der Waals surface area (Å²) >= 11 is 0. The molecule has 5 heteroatoms. The van der Waals surface area contributed by atoms with Gasteiger partial charge in [0.1, 0.15) is 0 Å². The first-order valence-corrected chi connectivity index (χ1v) is 5.13. The molecule has 0 spiro atoms. The standard InChI is InChI=1S/C10H17N3O2/c1-13-10(8(14-2)5-12-13)9(11)7-3-4-15-6-7/h5,7,9H,3-4,6,11H2,1-2H3. The Hall–Kier alpha value is -1.07. The largest absolute Gasteiger partial charge is 0.493 e. The van der Waals surface area contributed by atoms with Gasteiger partial charge in [0.05, 0.1) is 31.6 Å². The average molecular weight is 211 g/mol. The number of methoxy groups -OCH3 is 1. The maximum absolute atomic E-state index is 6.20. The van der Waals surface area contributed by atoms with Gasteiger partial charge >= 0.3 is 0 Å². The van der Waals surface area contributed by atoms with Gasteiger partial charge in [0.15, 0.2) is 5.75 Å². The molecule has 2 rings (SSSR count). The fourth-order valence-corrected chi connectivity index (χ4v) is 2.02. The highest BCUT2D eigenvalue weighted by molar-refractivity contribution is 5.28.